The fourth-order valence-corrected chi connectivity index (χ4v) is 3.54. The monoisotopic (exact) mass is 544 g/mol. The number of rotatable bonds is 7. The fourth-order valence-electron chi connectivity index (χ4n) is 3.54. The number of methoxy groups -OCH3 is 2. The minimum absolute atomic E-state index is 0. The smallest absolute Gasteiger partial charge is 0.191 e. The Bertz CT molecular complexity index is 875. The highest BCUT2D eigenvalue weighted by atomic mass is 127. The Hall–Kier alpha value is -2.27. The summed E-state index contributed by atoms with van der Waals surface area (Å²) in [5.74, 6) is 1.26. The highest BCUT2D eigenvalue weighted by molar-refractivity contribution is 14.0. The van der Waals surface area contributed by atoms with Gasteiger partial charge in [0.25, 0.3) is 0 Å². The molecular weight excluding hydrogens is 514 g/mol. The largest absolute Gasteiger partial charge is 0.505 e. The molecule has 0 saturated carbocycles. The van der Waals surface area contributed by atoms with E-state index in [1.165, 1.54) is 12.1 Å². The SMILES string of the molecule is CN=C(NCc1ccc(O)c(F)c1)NC1CCN(Cc2cc(OC)cc(OC)c2)C1.I. The number of phenols is 1. The van der Waals surface area contributed by atoms with E-state index < -0.39 is 5.82 Å². The lowest BCUT2D eigenvalue weighted by Gasteiger charge is -2.19. The fraction of sp³-hybridized carbons (Fsp3) is 0.409. The van der Waals surface area contributed by atoms with Crippen molar-refractivity contribution in [2.24, 2.45) is 4.99 Å². The van der Waals surface area contributed by atoms with Crippen LogP contribution in [0, 0.1) is 5.82 Å². The number of guanidine groups is 1. The van der Waals surface area contributed by atoms with Crippen LogP contribution >= 0.6 is 24.0 Å². The van der Waals surface area contributed by atoms with Gasteiger partial charge in [-0.05, 0) is 41.8 Å². The Morgan fingerprint density at radius 2 is 1.87 bits per heavy atom. The first kappa shape index (κ1) is 25.0. The average molecular weight is 544 g/mol. The van der Waals surface area contributed by atoms with E-state index in [1.807, 2.05) is 18.2 Å². The molecule has 2 aromatic carbocycles. The van der Waals surface area contributed by atoms with Gasteiger partial charge in [0.2, 0.25) is 0 Å². The topological polar surface area (TPSA) is 78.4 Å². The molecule has 31 heavy (non-hydrogen) atoms. The molecule has 1 aliphatic rings. The van der Waals surface area contributed by atoms with Crippen molar-refractivity contribution in [1.82, 2.24) is 15.5 Å². The summed E-state index contributed by atoms with van der Waals surface area (Å²) in [5, 5.41) is 15.9. The van der Waals surface area contributed by atoms with Gasteiger partial charge in [0, 0.05) is 45.3 Å². The maximum Gasteiger partial charge on any atom is 0.191 e. The molecule has 2 aromatic rings. The number of aromatic hydroxyl groups is 1. The predicted molar refractivity (Wildman–Crippen MR) is 130 cm³/mol. The first-order valence-electron chi connectivity index (χ1n) is 9.89. The molecule has 1 fully saturated rings. The molecule has 7 nitrogen and oxygen atoms in total. The standard InChI is InChI=1S/C22H29FN4O3.HI/c1-24-22(25-12-15-4-5-21(28)20(23)10-15)26-17-6-7-27(14-17)13-16-8-18(29-2)11-19(9-16)30-3;/h4-5,8-11,17,28H,6-7,12-14H2,1-3H3,(H2,24,25,26);1H. The molecule has 170 valence electrons. The van der Waals surface area contributed by atoms with E-state index in [0.717, 1.165) is 48.7 Å². The van der Waals surface area contributed by atoms with Gasteiger partial charge in [-0.25, -0.2) is 4.39 Å². The van der Waals surface area contributed by atoms with Gasteiger partial charge in [-0.2, -0.15) is 0 Å². The summed E-state index contributed by atoms with van der Waals surface area (Å²) >= 11 is 0. The molecule has 0 amide bonds. The number of ether oxygens (including phenoxy) is 2. The molecule has 1 unspecified atom stereocenters. The maximum atomic E-state index is 13.5. The van der Waals surface area contributed by atoms with Gasteiger partial charge in [-0.3, -0.25) is 9.89 Å². The van der Waals surface area contributed by atoms with Crippen LogP contribution < -0.4 is 20.1 Å². The van der Waals surface area contributed by atoms with Gasteiger partial charge >= 0.3 is 0 Å². The Labute approximate surface area is 199 Å². The Morgan fingerprint density at radius 1 is 1.16 bits per heavy atom. The van der Waals surface area contributed by atoms with Crippen LogP contribution in [0.1, 0.15) is 17.5 Å². The molecule has 9 heteroatoms. The van der Waals surface area contributed by atoms with Gasteiger partial charge in [-0.15, -0.1) is 24.0 Å². The number of halogens is 2. The summed E-state index contributed by atoms with van der Waals surface area (Å²) in [7, 11) is 5.01. The molecule has 1 heterocycles. The third-order valence-corrected chi connectivity index (χ3v) is 5.13. The van der Waals surface area contributed by atoms with Crippen molar-refractivity contribution < 1.29 is 19.0 Å². The molecule has 3 N–H and O–H groups in total. The summed E-state index contributed by atoms with van der Waals surface area (Å²) in [5.41, 5.74) is 1.87. The number of benzene rings is 2. The minimum atomic E-state index is -0.627. The van der Waals surface area contributed by atoms with Crippen molar-refractivity contribution >= 4 is 29.9 Å². The summed E-state index contributed by atoms with van der Waals surface area (Å²) in [6.45, 7) is 3.08. The molecular formula is C22H30FIN4O3. The lowest BCUT2D eigenvalue weighted by atomic mass is 10.2. The highest BCUT2D eigenvalue weighted by Gasteiger charge is 2.23. The molecule has 1 saturated heterocycles. The second-order valence-electron chi connectivity index (χ2n) is 7.30. The second-order valence-corrected chi connectivity index (χ2v) is 7.30. The van der Waals surface area contributed by atoms with E-state index in [0.29, 0.717) is 12.5 Å². The summed E-state index contributed by atoms with van der Waals surface area (Å²) in [6.07, 6.45) is 0.996. The van der Waals surface area contributed by atoms with Gasteiger partial charge < -0.3 is 25.2 Å². The maximum absolute atomic E-state index is 13.5. The van der Waals surface area contributed by atoms with Crippen LogP contribution in [-0.2, 0) is 13.1 Å². The summed E-state index contributed by atoms with van der Waals surface area (Å²) < 4.78 is 24.2. The van der Waals surface area contributed by atoms with Crippen LogP contribution in [-0.4, -0.2) is 56.4 Å². The van der Waals surface area contributed by atoms with Gasteiger partial charge in [0.15, 0.2) is 17.5 Å². The number of hydrogen-bond acceptors (Lipinski definition) is 5. The van der Waals surface area contributed by atoms with Crippen LogP contribution in [0.4, 0.5) is 4.39 Å². The molecule has 0 aliphatic carbocycles. The van der Waals surface area contributed by atoms with Crippen LogP contribution in [0.5, 0.6) is 17.2 Å². The van der Waals surface area contributed by atoms with Crippen molar-refractivity contribution in [2.45, 2.75) is 25.6 Å². The molecule has 3 rings (SSSR count). The quantitative estimate of drug-likeness (QED) is 0.283. The number of hydrogen-bond donors (Lipinski definition) is 3. The molecule has 0 spiro atoms. The van der Waals surface area contributed by atoms with E-state index in [2.05, 4.69) is 20.5 Å². The van der Waals surface area contributed by atoms with E-state index >= 15 is 0 Å². The van der Waals surface area contributed by atoms with Crippen molar-refractivity contribution in [3.05, 3.63) is 53.3 Å². The van der Waals surface area contributed by atoms with Gasteiger partial charge in [0.1, 0.15) is 11.5 Å². The van der Waals surface area contributed by atoms with E-state index in [4.69, 9.17) is 9.47 Å². The van der Waals surface area contributed by atoms with Crippen molar-refractivity contribution in [3.8, 4) is 17.2 Å². The van der Waals surface area contributed by atoms with E-state index in [-0.39, 0.29) is 35.8 Å². The van der Waals surface area contributed by atoms with Crippen LogP contribution in [0.2, 0.25) is 0 Å². The molecule has 0 aromatic heterocycles. The van der Waals surface area contributed by atoms with Crippen LogP contribution in [0.3, 0.4) is 0 Å². The van der Waals surface area contributed by atoms with Gasteiger partial charge in [0.05, 0.1) is 14.2 Å². The Morgan fingerprint density at radius 3 is 2.48 bits per heavy atom. The second kappa shape index (κ2) is 11.9. The highest BCUT2D eigenvalue weighted by Crippen LogP contribution is 2.24. The number of nitrogens with one attached hydrogen (secondary N) is 2. The number of aliphatic imine (C=N–C) groups is 1. The average Bonchev–Trinajstić information content (AvgIpc) is 3.19. The summed E-state index contributed by atoms with van der Waals surface area (Å²) in [6, 6.07) is 10.5. The van der Waals surface area contributed by atoms with E-state index in [1.54, 1.807) is 27.3 Å². The minimum Gasteiger partial charge on any atom is -0.505 e. The molecule has 1 atom stereocenters. The lowest BCUT2D eigenvalue weighted by molar-refractivity contribution is 0.321. The first-order chi connectivity index (χ1) is 14.5. The number of nitrogens with zero attached hydrogens (tertiary/aromatic N) is 2. The Kier molecular flexibility index (Phi) is 9.63. The van der Waals surface area contributed by atoms with Gasteiger partial charge in [-0.1, -0.05) is 6.07 Å². The predicted octanol–water partition coefficient (Wildman–Crippen LogP) is 3.11. The summed E-state index contributed by atoms with van der Waals surface area (Å²) in [4.78, 5) is 6.63. The van der Waals surface area contributed by atoms with Crippen molar-refractivity contribution in [2.75, 3.05) is 34.4 Å². The molecule has 0 bridgehead atoms. The zero-order valence-corrected chi connectivity index (χ0v) is 20.4. The van der Waals surface area contributed by atoms with Crippen LogP contribution in [0.15, 0.2) is 41.4 Å². The van der Waals surface area contributed by atoms with E-state index in [9.17, 15) is 9.50 Å². The molecule has 1 aliphatic heterocycles. The Balaban J connectivity index is 0.00000341. The van der Waals surface area contributed by atoms with Crippen LogP contribution in [0.25, 0.3) is 0 Å². The van der Waals surface area contributed by atoms with Crippen molar-refractivity contribution in [3.63, 3.8) is 0 Å². The molecule has 0 radical (unpaired) electrons. The van der Waals surface area contributed by atoms with Crippen molar-refractivity contribution in [1.29, 1.82) is 0 Å². The third-order valence-electron chi connectivity index (χ3n) is 5.13. The zero-order valence-electron chi connectivity index (χ0n) is 18.0. The zero-order chi connectivity index (χ0) is 21.5. The normalized spacial score (nSPS) is 16.5. The number of phenolic OH excluding ortho intramolecular Hbond substituents is 1. The third kappa shape index (κ3) is 7.13. The first-order valence-corrected chi connectivity index (χ1v) is 9.89. The number of likely N-dealkylation sites (tertiary alicyclic amines) is 1. The lowest BCUT2D eigenvalue weighted by Crippen LogP contribution is -2.44.